The minimum absolute atomic E-state index is 0.213. The van der Waals surface area contributed by atoms with E-state index in [1.807, 2.05) is 6.20 Å². The first-order valence-corrected chi connectivity index (χ1v) is 13.5. The maximum Gasteiger partial charge on any atom is 0.139 e. The first-order chi connectivity index (χ1) is 17.6. The van der Waals surface area contributed by atoms with Crippen LogP contribution in [-0.4, -0.2) is 39.2 Å². The van der Waals surface area contributed by atoms with Gasteiger partial charge >= 0.3 is 0 Å². The molecule has 0 unspecified atom stereocenters. The zero-order valence-corrected chi connectivity index (χ0v) is 22.0. The molecule has 0 atom stereocenters. The molecule has 1 aliphatic carbocycles. The number of hydrogen-bond donors (Lipinski definition) is 0. The van der Waals surface area contributed by atoms with Gasteiger partial charge in [-0.3, -0.25) is 9.78 Å². The Hall–Kier alpha value is -3.16. The highest BCUT2D eigenvalue weighted by atomic mass is 32.1. The normalized spacial score (nSPS) is 12.4. The van der Waals surface area contributed by atoms with E-state index < -0.39 is 0 Å². The number of thiazole rings is 1. The fraction of sp³-hybridized carbons (Fsp3) is 0.379. The lowest BCUT2D eigenvalue weighted by Crippen LogP contribution is -2.07. The number of aryl methyl sites for hydroxylation is 3. The fourth-order valence-electron chi connectivity index (χ4n) is 4.84. The molecule has 0 bridgehead atoms. The van der Waals surface area contributed by atoms with Crippen LogP contribution in [0.1, 0.15) is 53.7 Å². The van der Waals surface area contributed by atoms with Crippen molar-refractivity contribution in [2.24, 2.45) is 0 Å². The summed E-state index contributed by atoms with van der Waals surface area (Å²) in [6, 6.07) is 12.6. The Kier molecular flexibility index (Phi) is 7.39. The molecule has 0 aliphatic heterocycles. The third-order valence-electron chi connectivity index (χ3n) is 6.65. The number of para-hydroxylation sites is 1. The van der Waals surface area contributed by atoms with Crippen molar-refractivity contribution in [3.05, 3.63) is 70.1 Å². The second-order valence-electron chi connectivity index (χ2n) is 9.36. The van der Waals surface area contributed by atoms with E-state index >= 15 is 0 Å². The third kappa shape index (κ3) is 4.90. The van der Waals surface area contributed by atoms with Crippen LogP contribution in [0.15, 0.2) is 42.6 Å². The summed E-state index contributed by atoms with van der Waals surface area (Å²) in [6.07, 6.45) is 7.39. The number of hydrogen-bond acceptors (Lipinski definition) is 6. The summed E-state index contributed by atoms with van der Waals surface area (Å²) >= 11 is 1.64. The molecule has 0 radical (unpaired) electrons. The molecule has 0 N–H and O–H groups in total. The molecule has 1 aromatic carbocycles. The third-order valence-corrected chi connectivity index (χ3v) is 7.76. The van der Waals surface area contributed by atoms with E-state index in [4.69, 9.17) is 19.8 Å². The molecular weight excluding hydrogens is 468 g/mol. The molecule has 0 saturated heterocycles. The zero-order valence-electron chi connectivity index (χ0n) is 21.2. The van der Waals surface area contributed by atoms with Crippen LogP contribution in [-0.2, 0) is 35.2 Å². The smallest absolute Gasteiger partial charge is 0.139 e. The molecular formula is C29H32N4O2S. The van der Waals surface area contributed by atoms with Crippen LogP contribution in [0.2, 0.25) is 0 Å². The van der Waals surface area contributed by atoms with E-state index in [2.05, 4.69) is 54.9 Å². The lowest BCUT2D eigenvalue weighted by molar-refractivity contribution is -0.118. The van der Waals surface area contributed by atoms with E-state index in [9.17, 15) is 4.79 Å². The lowest BCUT2D eigenvalue weighted by atomic mass is 9.95. The van der Waals surface area contributed by atoms with Crippen molar-refractivity contribution in [2.75, 3.05) is 13.7 Å². The van der Waals surface area contributed by atoms with Crippen molar-refractivity contribution in [3.63, 3.8) is 0 Å². The van der Waals surface area contributed by atoms with Crippen LogP contribution < -0.4 is 0 Å². The summed E-state index contributed by atoms with van der Waals surface area (Å²) in [4.78, 5) is 23.3. The number of benzene rings is 1. The van der Waals surface area contributed by atoms with Gasteiger partial charge in [-0.25, -0.2) is 9.67 Å². The Balaban J connectivity index is 1.57. The molecule has 6 nitrogen and oxygen atoms in total. The fourth-order valence-corrected chi connectivity index (χ4v) is 6.04. The van der Waals surface area contributed by atoms with Gasteiger partial charge in [0, 0.05) is 43.2 Å². The number of fused-ring (bicyclic) bond motifs is 3. The minimum Gasteiger partial charge on any atom is -0.385 e. The average molecular weight is 501 g/mol. The average Bonchev–Trinajstić information content (AvgIpc) is 3.46. The van der Waals surface area contributed by atoms with E-state index in [1.54, 1.807) is 18.4 Å². The molecule has 0 spiro atoms. The lowest BCUT2D eigenvalue weighted by Gasteiger charge is -2.15. The zero-order chi connectivity index (χ0) is 25.1. The van der Waals surface area contributed by atoms with Crippen LogP contribution >= 0.6 is 11.3 Å². The van der Waals surface area contributed by atoms with E-state index in [1.165, 1.54) is 5.56 Å². The van der Waals surface area contributed by atoms with Crippen molar-refractivity contribution in [3.8, 4) is 27.5 Å². The Morgan fingerprint density at radius 3 is 2.78 bits per heavy atom. The van der Waals surface area contributed by atoms with Crippen LogP contribution in [0, 0.1) is 6.92 Å². The number of pyridine rings is 1. The molecule has 0 fully saturated rings. The first kappa shape index (κ1) is 24.5. The van der Waals surface area contributed by atoms with Gasteiger partial charge in [-0.2, -0.15) is 5.10 Å². The van der Waals surface area contributed by atoms with Gasteiger partial charge in [0.2, 0.25) is 0 Å². The number of carbonyl (C=O) groups excluding carboxylic acids is 1. The van der Waals surface area contributed by atoms with Gasteiger partial charge in [-0.15, -0.1) is 11.3 Å². The molecule has 5 rings (SSSR count). The summed E-state index contributed by atoms with van der Waals surface area (Å²) in [5.41, 5.74) is 8.78. The van der Waals surface area contributed by atoms with E-state index in [0.29, 0.717) is 19.4 Å². The van der Waals surface area contributed by atoms with Crippen LogP contribution in [0.4, 0.5) is 0 Å². The number of ketones is 1. The van der Waals surface area contributed by atoms with Gasteiger partial charge in [-0.05, 0) is 56.4 Å². The molecule has 36 heavy (non-hydrogen) atoms. The number of Topliss-reactive ketones (excluding diaryl/α,β-unsaturated/α-hetero) is 1. The SMILES string of the molecule is CCCc1ccc(-c2nn(-c3ccccc3C)c3c2CCc2nc(CC(=O)CCCOC)sc2-3)cn1. The predicted octanol–water partition coefficient (Wildman–Crippen LogP) is 5.96. The molecule has 1 aliphatic rings. The highest BCUT2D eigenvalue weighted by Gasteiger charge is 2.30. The summed E-state index contributed by atoms with van der Waals surface area (Å²) in [6.45, 7) is 4.89. The number of nitrogens with zero attached hydrogens (tertiary/aromatic N) is 4. The number of carbonyl (C=O) groups is 1. The Morgan fingerprint density at radius 2 is 2.03 bits per heavy atom. The maximum atomic E-state index is 12.5. The highest BCUT2D eigenvalue weighted by molar-refractivity contribution is 7.15. The van der Waals surface area contributed by atoms with Crippen LogP contribution in [0.3, 0.4) is 0 Å². The van der Waals surface area contributed by atoms with Gasteiger partial charge in [0.25, 0.3) is 0 Å². The minimum atomic E-state index is 0.213. The van der Waals surface area contributed by atoms with Gasteiger partial charge < -0.3 is 4.74 Å². The van der Waals surface area contributed by atoms with E-state index in [0.717, 1.165) is 81.6 Å². The summed E-state index contributed by atoms with van der Waals surface area (Å²) < 4.78 is 7.17. The molecule has 3 heterocycles. The first-order valence-electron chi connectivity index (χ1n) is 12.7. The van der Waals surface area contributed by atoms with Gasteiger partial charge in [0.1, 0.15) is 10.8 Å². The predicted molar refractivity (Wildman–Crippen MR) is 144 cm³/mol. The van der Waals surface area contributed by atoms with Crippen LogP contribution in [0.25, 0.3) is 27.5 Å². The standard InChI is InChI=1S/C29H32N4O2S/c1-4-8-21-13-12-20(18-30-21)27-23-14-15-24-29(36-26(31-24)17-22(34)10-7-16-35-3)28(23)33(32-27)25-11-6-5-9-19(25)2/h5-6,9,11-13,18H,4,7-8,10,14-17H2,1-3H3. The highest BCUT2D eigenvalue weighted by Crippen LogP contribution is 2.43. The second kappa shape index (κ2) is 10.8. The van der Waals surface area contributed by atoms with Crippen molar-refractivity contribution < 1.29 is 9.53 Å². The van der Waals surface area contributed by atoms with Crippen molar-refractivity contribution in [1.82, 2.24) is 19.7 Å². The second-order valence-corrected chi connectivity index (χ2v) is 10.4. The quantitative estimate of drug-likeness (QED) is 0.252. The Labute approximate surface area is 216 Å². The molecule has 7 heteroatoms. The number of methoxy groups -OCH3 is 1. The largest absolute Gasteiger partial charge is 0.385 e. The monoisotopic (exact) mass is 500 g/mol. The van der Waals surface area contributed by atoms with Gasteiger partial charge in [0.05, 0.1) is 34.1 Å². The molecule has 186 valence electrons. The van der Waals surface area contributed by atoms with E-state index in [-0.39, 0.29) is 5.78 Å². The number of aromatic nitrogens is 4. The van der Waals surface area contributed by atoms with Crippen molar-refractivity contribution >= 4 is 17.1 Å². The summed E-state index contributed by atoms with van der Waals surface area (Å²) in [5, 5.41) is 6.05. The molecule has 4 aromatic rings. The summed E-state index contributed by atoms with van der Waals surface area (Å²) in [5.74, 6) is 0.213. The van der Waals surface area contributed by atoms with Gasteiger partial charge in [-0.1, -0.05) is 31.5 Å². The molecule has 0 amide bonds. The Morgan fingerprint density at radius 1 is 1.17 bits per heavy atom. The van der Waals surface area contributed by atoms with Crippen molar-refractivity contribution in [2.45, 2.75) is 58.8 Å². The molecule has 3 aromatic heterocycles. The molecule has 0 saturated carbocycles. The Bertz CT molecular complexity index is 1370. The maximum absolute atomic E-state index is 12.5. The topological polar surface area (TPSA) is 69.9 Å². The number of rotatable bonds is 10. The van der Waals surface area contributed by atoms with Crippen molar-refractivity contribution in [1.29, 1.82) is 0 Å². The van der Waals surface area contributed by atoms with Crippen LogP contribution in [0.5, 0.6) is 0 Å². The number of ether oxygens (including phenoxy) is 1. The summed E-state index contributed by atoms with van der Waals surface area (Å²) in [7, 11) is 1.67. The van der Waals surface area contributed by atoms with Gasteiger partial charge in [0.15, 0.2) is 0 Å².